The van der Waals surface area contributed by atoms with Crippen LogP contribution in [-0.2, 0) is 23.7 Å². The minimum Gasteiger partial charge on any atom is -0.443 e. The third kappa shape index (κ3) is 6.37. The van der Waals surface area contributed by atoms with Gasteiger partial charge in [-0.3, -0.25) is 4.79 Å². The standard InChI is InChI=1S/C29H49N3O6/c1-18(2)10-11-22-28(5,38-22)25-24(35-7)21(12-14-29(25)17-36-29)37-27(34)31-23(19(3)4)26(33)30-15-13-20-9-8-16-32(20)6/h10,19-25H,8-9,11-17H2,1-7H3,(H,30,33)(H,31,34)/t20?,21-,22?,23-,24-,25-,28+,29+/m1/s1. The number of alkyl carbamates (subject to hydrolysis) is 1. The number of allylic oxidation sites excluding steroid dienone is 1. The monoisotopic (exact) mass is 535 g/mol. The summed E-state index contributed by atoms with van der Waals surface area (Å²) in [5.41, 5.74) is 0.592. The molecule has 3 heterocycles. The van der Waals surface area contributed by atoms with Crippen LogP contribution in [0.2, 0.25) is 0 Å². The number of hydrogen-bond acceptors (Lipinski definition) is 7. The first-order chi connectivity index (χ1) is 18.0. The van der Waals surface area contributed by atoms with E-state index < -0.39 is 23.8 Å². The summed E-state index contributed by atoms with van der Waals surface area (Å²) in [5.74, 6) is -0.291. The van der Waals surface area contributed by atoms with Crippen LogP contribution in [0.15, 0.2) is 11.6 Å². The Hall–Kier alpha value is -1.68. The van der Waals surface area contributed by atoms with Crippen LogP contribution in [0.4, 0.5) is 4.79 Å². The number of carbonyl (C=O) groups is 2. The van der Waals surface area contributed by atoms with Crippen LogP contribution in [0, 0.1) is 11.8 Å². The average molecular weight is 536 g/mol. The summed E-state index contributed by atoms with van der Waals surface area (Å²) in [5, 5.41) is 5.85. The number of carbonyl (C=O) groups excluding carboxylic acids is 2. The molecule has 2 N–H and O–H groups in total. The second-order valence-corrected chi connectivity index (χ2v) is 12.5. The number of amides is 2. The van der Waals surface area contributed by atoms with Gasteiger partial charge in [-0.1, -0.05) is 25.5 Å². The quantitative estimate of drug-likeness (QED) is 0.309. The van der Waals surface area contributed by atoms with Gasteiger partial charge >= 0.3 is 6.09 Å². The van der Waals surface area contributed by atoms with Crippen LogP contribution >= 0.6 is 0 Å². The van der Waals surface area contributed by atoms with Gasteiger partial charge in [-0.15, -0.1) is 0 Å². The molecule has 4 rings (SSSR count). The van der Waals surface area contributed by atoms with E-state index >= 15 is 0 Å². The van der Waals surface area contributed by atoms with Crippen LogP contribution in [0.3, 0.4) is 0 Å². The van der Waals surface area contributed by atoms with Crippen molar-refractivity contribution in [2.24, 2.45) is 11.8 Å². The van der Waals surface area contributed by atoms with Gasteiger partial charge in [0, 0.05) is 19.7 Å². The van der Waals surface area contributed by atoms with E-state index in [1.807, 2.05) is 13.8 Å². The largest absolute Gasteiger partial charge is 0.443 e. The Bertz CT molecular complexity index is 886. The van der Waals surface area contributed by atoms with Gasteiger partial charge in [0.2, 0.25) is 5.91 Å². The van der Waals surface area contributed by atoms with Crippen molar-refractivity contribution in [1.82, 2.24) is 15.5 Å². The van der Waals surface area contributed by atoms with Crippen molar-refractivity contribution >= 4 is 12.0 Å². The number of methoxy groups -OCH3 is 1. The minimum absolute atomic E-state index is 0.0416. The Labute approximate surface area is 228 Å². The van der Waals surface area contributed by atoms with Gasteiger partial charge in [0.05, 0.1) is 18.6 Å². The van der Waals surface area contributed by atoms with Crippen LogP contribution in [0.5, 0.6) is 0 Å². The average Bonchev–Trinajstić information content (AvgIpc) is 3.73. The Morgan fingerprint density at radius 2 is 1.97 bits per heavy atom. The summed E-state index contributed by atoms with van der Waals surface area (Å²) >= 11 is 0. The second kappa shape index (κ2) is 11.8. The molecule has 216 valence electrons. The predicted molar refractivity (Wildman–Crippen MR) is 145 cm³/mol. The number of rotatable bonds is 11. The molecule has 0 aromatic heterocycles. The van der Waals surface area contributed by atoms with Gasteiger partial charge in [-0.2, -0.15) is 0 Å². The molecule has 8 atom stereocenters. The number of epoxide rings is 2. The maximum absolute atomic E-state index is 13.1. The second-order valence-electron chi connectivity index (χ2n) is 12.5. The van der Waals surface area contributed by atoms with E-state index in [2.05, 4.69) is 49.4 Å². The highest BCUT2D eigenvalue weighted by Gasteiger charge is 2.72. The Morgan fingerprint density at radius 3 is 2.55 bits per heavy atom. The minimum atomic E-state index is -0.667. The van der Waals surface area contributed by atoms with Crippen molar-refractivity contribution in [3.63, 3.8) is 0 Å². The van der Waals surface area contributed by atoms with Crippen molar-refractivity contribution in [2.75, 3.05) is 33.9 Å². The van der Waals surface area contributed by atoms with E-state index in [1.165, 1.54) is 18.4 Å². The number of hydrogen-bond donors (Lipinski definition) is 2. The zero-order valence-corrected chi connectivity index (χ0v) is 24.4. The normalized spacial score (nSPS) is 37.1. The highest BCUT2D eigenvalue weighted by Crippen LogP contribution is 2.59. The van der Waals surface area contributed by atoms with Gasteiger partial charge in [0.15, 0.2) is 0 Å². The molecule has 4 aliphatic rings. The zero-order chi connectivity index (χ0) is 27.7. The van der Waals surface area contributed by atoms with Crippen LogP contribution in [-0.4, -0.2) is 92.4 Å². The molecule has 3 aliphatic heterocycles. The maximum Gasteiger partial charge on any atom is 0.408 e. The maximum atomic E-state index is 13.1. The first-order valence-electron chi connectivity index (χ1n) is 14.4. The molecule has 9 nitrogen and oxygen atoms in total. The lowest BCUT2D eigenvalue weighted by Gasteiger charge is -2.42. The molecule has 3 saturated heterocycles. The van der Waals surface area contributed by atoms with Crippen LogP contribution in [0.1, 0.15) is 73.1 Å². The summed E-state index contributed by atoms with van der Waals surface area (Å²) in [4.78, 5) is 28.4. The van der Waals surface area contributed by atoms with Gasteiger partial charge in [-0.05, 0) is 78.8 Å². The van der Waals surface area contributed by atoms with E-state index in [-0.39, 0.29) is 35.6 Å². The molecule has 0 bridgehead atoms. The van der Waals surface area contributed by atoms with Gasteiger partial charge < -0.3 is 34.5 Å². The number of likely N-dealkylation sites (tertiary alicyclic amines) is 1. The fourth-order valence-corrected chi connectivity index (χ4v) is 6.72. The molecular weight excluding hydrogens is 486 g/mol. The van der Waals surface area contributed by atoms with Crippen molar-refractivity contribution < 1.29 is 28.5 Å². The molecule has 2 amide bonds. The van der Waals surface area contributed by atoms with Gasteiger partial charge in [0.25, 0.3) is 0 Å². The Kier molecular flexibility index (Phi) is 9.12. The first-order valence-corrected chi connectivity index (χ1v) is 14.4. The molecule has 9 heteroatoms. The molecule has 38 heavy (non-hydrogen) atoms. The molecule has 1 aliphatic carbocycles. The van der Waals surface area contributed by atoms with E-state index in [9.17, 15) is 9.59 Å². The molecule has 4 fully saturated rings. The van der Waals surface area contributed by atoms with E-state index in [0.717, 1.165) is 25.8 Å². The van der Waals surface area contributed by atoms with Crippen molar-refractivity contribution in [2.45, 2.75) is 115 Å². The molecular formula is C29H49N3O6. The zero-order valence-electron chi connectivity index (χ0n) is 24.4. The van der Waals surface area contributed by atoms with E-state index in [4.69, 9.17) is 18.9 Å². The smallest absolute Gasteiger partial charge is 0.408 e. The predicted octanol–water partition coefficient (Wildman–Crippen LogP) is 3.41. The molecule has 0 aromatic carbocycles. The first kappa shape index (κ1) is 29.3. The summed E-state index contributed by atoms with van der Waals surface area (Å²) in [6.07, 6.45) is 6.46. The Balaban J connectivity index is 1.34. The van der Waals surface area contributed by atoms with Crippen molar-refractivity contribution in [3.8, 4) is 0 Å². The molecule has 0 aromatic rings. The molecule has 1 spiro atoms. The summed E-state index contributed by atoms with van der Waals surface area (Å²) < 4.78 is 24.2. The summed E-state index contributed by atoms with van der Waals surface area (Å²) in [6, 6.07) is -0.159. The van der Waals surface area contributed by atoms with E-state index in [1.54, 1.807) is 7.11 Å². The summed E-state index contributed by atoms with van der Waals surface area (Å²) in [6.45, 7) is 12.5. The lowest BCUT2D eigenvalue weighted by molar-refractivity contribution is -0.125. The fourth-order valence-electron chi connectivity index (χ4n) is 6.72. The SMILES string of the molecule is CO[C@@H]1[C@H](OC(=O)N[C@@H](C(=O)NCCC2CCCN2C)C(C)C)CC[C@]2(CO2)[C@H]1[C@@]1(C)OC1CC=C(C)C. The van der Waals surface area contributed by atoms with Gasteiger partial charge in [0.1, 0.15) is 29.5 Å². The highest BCUT2D eigenvalue weighted by molar-refractivity contribution is 5.85. The van der Waals surface area contributed by atoms with Crippen LogP contribution in [0.25, 0.3) is 0 Å². The molecule has 0 radical (unpaired) electrons. The van der Waals surface area contributed by atoms with Crippen LogP contribution < -0.4 is 10.6 Å². The Morgan fingerprint density at radius 1 is 1.24 bits per heavy atom. The third-order valence-electron chi connectivity index (χ3n) is 9.17. The molecule has 2 unspecified atom stereocenters. The number of ether oxygens (including phenoxy) is 4. The lowest BCUT2D eigenvalue weighted by atomic mass is 9.68. The molecule has 1 saturated carbocycles. The highest BCUT2D eigenvalue weighted by atomic mass is 16.6. The van der Waals surface area contributed by atoms with Crippen molar-refractivity contribution in [1.29, 1.82) is 0 Å². The topological polar surface area (TPSA) is 105 Å². The lowest BCUT2D eigenvalue weighted by Crippen LogP contribution is -2.57. The third-order valence-corrected chi connectivity index (χ3v) is 9.17. The number of nitrogens with zero attached hydrogens (tertiary/aromatic N) is 1. The summed E-state index contributed by atoms with van der Waals surface area (Å²) in [7, 11) is 3.80. The fraction of sp³-hybridized carbons (Fsp3) is 0.862. The number of nitrogens with one attached hydrogen (secondary N) is 2. The van der Waals surface area contributed by atoms with E-state index in [0.29, 0.717) is 25.6 Å². The van der Waals surface area contributed by atoms with Gasteiger partial charge in [-0.25, -0.2) is 4.79 Å². The van der Waals surface area contributed by atoms with Crippen molar-refractivity contribution in [3.05, 3.63) is 11.6 Å².